The summed E-state index contributed by atoms with van der Waals surface area (Å²) in [5.41, 5.74) is 1.22. The minimum absolute atomic E-state index is 0.0326. The molecule has 1 aromatic heterocycles. The Labute approximate surface area is 145 Å². The Hall–Kier alpha value is -2.11. The van der Waals surface area contributed by atoms with E-state index in [1.165, 1.54) is 6.07 Å². The lowest BCUT2D eigenvalue weighted by Gasteiger charge is -2.26. The van der Waals surface area contributed by atoms with Crippen molar-refractivity contribution in [2.45, 2.75) is 25.5 Å². The summed E-state index contributed by atoms with van der Waals surface area (Å²) in [6.45, 7) is 1.65. The van der Waals surface area contributed by atoms with Gasteiger partial charge in [-0.2, -0.15) is 0 Å². The van der Waals surface area contributed by atoms with Crippen molar-refractivity contribution >= 4 is 17.5 Å². The monoisotopic (exact) mass is 346 g/mol. The Morgan fingerprint density at radius 1 is 1.33 bits per heavy atom. The van der Waals surface area contributed by atoms with Gasteiger partial charge in [-0.1, -0.05) is 11.6 Å². The van der Waals surface area contributed by atoms with Crippen LogP contribution in [0.4, 0.5) is 0 Å². The third-order valence-corrected chi connectivity index (χ3v) is 4.28. The molecule has 0 saturated carbocycles. The molecule has 0 unspecified atom stereocenters. The quantitative estimate of drug-likeness (QED) is 0.902. The van der Waals surface area contributed by atoms with Gasteiger partial charge in [-0.25, -0.2) is 0 Å². The molecule has 24 heavy (non-hydrogen) atoms. The number of nitrogens with zero attached hydrogens (tertiary/aromatic N) is 2. The zero-order valence-corrected chi connectivity index (χ0v) is 13.9. The number of carbonyl (C=O) groups is 1. The van der Waals surface area contributed by atoms with Gasteiger partial charge in [-0.15, -0.1) is 0 Å². The summed E-state index contributed by atoms with van der Waals surface area (Å²) < 4.78 is 5.67. The van der Waals surface area contributed by atoms with Crippen LogP contribution in [-0.2, 0) is 11.3 Å². The molecule has 1 aromatic carbocycles. The van der Waals surface area contributed by atoms with Crippen LogP contribution in [0.2, 0.25) is 5.02 Å². The van der Waals surface area contributed by atoms with Gasteiger partial charge >= 0.3 is 0 Å². The number of benzene rings is 1. The molecule has 0 spiro atoms. The first-order chi connectivity index (χ1) is 11.6. The topological polar surface area (TPSA) is 62.7 Å². The van der Waals surface area contributed by atoms with E-state index in [0.717, 1.165) is 25.0 Å². The van der Waals surface area contributed by atoms with Crippen LogP contribution < -0.4 is 0 Å². The summed E-state index contributed by atoms with van der Waals surface area (Å²) in [6, 6.07) is 8.28. The third-order valence-electron chi connectivity index (χ3n) is 4.05. The summed E-state index contributed by atoms with van der Waals surface area (Å²) in [6.07, 6.45) is 5.37. The van der Waals surface area contributed by atoms with Crippen LogP contribution in [0.3, 0.4) is 0 Å². The number of hydrogen-bond donors (Lipinski definition) is 1. The number of pyridine rings is 1. The maximum Gasteiger partial charge on any atom is 0.258 e. The minimum Gasteiger partial charge on any atom is -0.507 e. The molecule has 2 aromatic rings. The van der Waals surface area contributed by atoms with E-state index in [4.69, 9.17) is 16.3 Å². The van der Waals surface area contributed by atoms with Gasteiger partial charge in [0.05, 0.1) is 11.7 Å². The predicted octanol–water partition coefficient (Wildman–Crippen LogP) is 3.26. The largest absolute Gasteiger partial charge is 0.507 e. The number of amides is 1. The number of phenolic OH excluding ortho intramolecular Hbond substituents is 1. The van der Waals surface area contributed by atoms with Gasteiger partial charge in [0.1, 0.15) is 5.75 Å². The normalized spacial score (nSPS) is 17.0. The molecule has 0 aliphatic carbocycles. The van der Waals surface area contributed by atoms with E-state index in [2.05, 4.69) is 4.98 Å². The van der Waals surface area contributed by atoms with Crippen molar-refractivity contribution in [2.75, 3.05) is 13.2 Å². The molecule has 0 bridgehead atoms. The van der Waals surface area contributed by atoms with Crippen molar-refractivity contribution in [2.24, 2.45) is 0 Å². The molecule has 2 heterocycles. The molecule has 5 nitrogen and oxygen atoms in total. The molecule has 1 amide bonds. The maximum atomic E-state index is 12.9. The lowest BCUT2D eigenvalue weighted by Crippen LogP contribution is -2.37. The number of phenols is 1. The molecule has 1 fully saturated rings. The lowest BCUT2D eigenvalue weighted by atomic mass is 10.1. The van der Waals surface area contributed by atoms with Crippen molar-refractivity contribution in [3.05, 3.63) is 58.9 Å². The average Bonchev–Trinajstić information content (AvgIpc) is 3.08. The second-order valence-corrected chi connectivity index (χ2v) is 6.27. The van der Waals surface area contributed by atoms with Crippen molar-refractivity contribution in [3.63, 3.8) is 0 Å². The zero-order valence-electron chi connectivity index (χ0n) is 13.2. The number of halogens is 1. The van der Waals surface area contributed by atoms with Gasteiger partial charge in [0.15, 0.2) is 0 Å². The van der Waals surface area contributed by atoms with Crippen LogP contribution in [0.15, 0.2) is 42.7 Å². The van der Waals surface area contributed by atoms with Crippen LogP contribution in [0.25, 0.3) is 0 Å². The lowest BCUT2D eigenvalue weighted by molar-refractivity contribution is 0.0505. The summed E-state index contributed by atoms with van der Waals surface area (Å²) in [7, 11) is 0. The fourth-order valence-electron chi connectivity index (χ4n) is 2.82. The van der Waals surface area contributed by atoms with E-state index in [-0.39, 0.29) is 23.3 Å². The van der Waals surface area contributed by atoms with Gasteiger partial charge in [-0.3, -0.25) is 9.78 Å². The Kier molecular flexibility index (Phi) is 5.33. The molecule has 126 valence electrons. The standard InChI is InChI=1S/C18H19ClN2O3/c19-14-3-4-16(17(22)10-14)18(23)21(12-15-2-1-9-24-15)11-13-5-7-20-8-6-13/h3-8,10,15,22H,1-2,9,11-12H2/t15-/m1/s1. The second-order valence-electron chi connectivity index (χ2n) is 5.84. The number of rotatable bonds is 5. The summed E-state index contributed by atoms with van der Waals surface area (Å²) in [4.78, 5) is 18.6. The van der Waals surface area contributed by atoms with E-state index in [0.29, 0.717) is 18.1 Å². The minimum atomic E-state index is -0.239. The Morgan fingerprint density at radius 2 is 2.12 bits per heavy atom. The van der Waals surface area contributed by atoms with Crippen LogP contribution in [0.5, 0.6) is 5.75 Å². The number of hydrogen-bond acceptors (Lipinski definition) is 4. The molecule has 1 saturated heterocycles. The van der Waals surface area contributed by atoms with Crippen molar-refractivity contribution < 1.29 is 14.6 Å². The molecule has 1 aliphatic rings. The first-order valence-corrected chi connectivity index (χ1v) is 8.29. The SMILES string of the molecule is O=C(c1ccc(Cl)cc1O)N(Cc1ccncc1)C[C@H]1CCCO1. The van der Waals surface area contributed by atoms with Gasteiger partial charge in [0.25, 0.3) is 5.91 Å². The highest BCUT2D eigenvalue weighted by atomic mass is 35.5. The first kappa shape index (κ1) is 16.7. The van der Waals surface area contributed by atoms with Crippen molar-refractivity contribution in [1.29, 1.82) is 0 Å². The summed E-state index contributed by atoms with van der Waals surface area (Å²) >= 11 is 5.86. The molecule has 1 aliphatic heterocycles. The van der Waals surface area contributed by atoms with E-state index in [1.807, 2.05) is 12.1 Å². The van der Waals surface area contributed by atoms with Crippen LogP contribution >= 0.6 is 11.6 Å². The fourth-order valence-corrected chi connectivity index (χ4v) is 2.98. The highest BCUT2D eigenvalue weighted by molar-refractivity contribution is 6.30. The second kappa shape index (κ2) is 7.64. The van der Waals surface area contributed by atoms with Crippen molar-refractivity contribution in [1.82, 2.24) is 9.88 Å². The summed E-state index contributed by atoms with van der Waals surface area (Å²) in [5.74, 6) is -0.351. The number of aromatic hydroxyl groups is 1. The Bertz CT molecular complexity index is 703. The number of aromatic nitrogens is 1. The molecule has 6 heteroatoms. The highest BCUT2D eigenvalue weighted by Crippen LogP contribution is 2.25. The van der Waals surface area contributed by atoms with E-state index >= 15 is 0 Å². The Morgan fingerprint density at radius 3 is 2.79 bits per heavy atom. The van der Waals surface area contributed by atoms with Crippen molar-refractivity contribution in [3.8, 4) is 5.75 Å². The molecular weight excluding hydrogens is 328 g/mol. The van der Waals surface area contributed by atoms with Crippen LogP contribution in [0, 0.1) is 0 Å². The molecular formula is C18H19ClN2O3. The smallest absolute Gasteiger partial charge is 0.258 e. The first-order valence-electron chi connectivity index (χ1n) is 7.92. The molecule has 1 atom stereocenters. The van der Waals surface area contributed by atoms with Gasteiger partial charge in [-0.05, 0) is 48.7 Å². The number of carbonyl (C=O) groups excluding carboxylic acids is 1. The molecule has 3 rings (SSSR count). The highest BCUT2D eigenvalue weighted by Gasteiger charge is 2.25. The number of ether oxygens (including phenoxy) is 1. The van der Waals surface area contributed by atoms with E-state index in [1.54, 1.807) is 29.4 Å². The molecule has 1 N–H and O–H groups in total. The maximum absolute atomic E-state index is 12.9. The fraction of sp³-hybridized carbons (Fsp3) is 0.333. The molecule has 0 radical (unpaired) electrons. The van der Waals surface area contributed by atoms with Gasteiger partial charge < -0.3 is 14.7 Å². The van der Waals surface area contributed by atoms with Gasteiger partial charge in [0.2, 0.25) is 0 Å². The van der Waals surface area contributed by atoms with E-state index in [9.17, 15) is 9.90 Å². The van der Waals surface area contributed by atoms with Gasteiger partial charge in [0, 0.05) is 37.1 Å². The van der Waals surface area contributed by atoms with E-state index < -0.39 is 0 Å². The predicted molar refractivity (Wildman–Crippen MR) is 91.1 cm³/mol. The third kappa shape index (κ3) is 4.04. The zero-order chi connectivity index (χ0) is 16.9. The van der Waals surface area contributed by atoms with Crippen LogP contribution in [0.1, 0.15) is 28.8 Å². The average molecular weight is 347 g/mol. The Balaban J connectivity index is 1.83. The summed E-state index contributed by atoms with van der Waals surface area (Å²) in [5, 5.41) is 10.5. The van der Waals surface area contributed by atoms with Crippen LogP contribution in [-0.4, -0.2) is 40.2 Å².